The second kappa shape index (κ2) is 13.6. The summed E-state index contributed by atoms with van der Waals surface area (Å²) in [6.07, 6.45) is 4.81. The van der Waals surface area contributed by atoms with Crippen LogP contribution in [0, 0.1) is 23.2 Å². The fourth-order valence-electron chi connectivity index (χ4n) is 8.31. The van der Waals surface area contributed by atoms with E-state index in [0.29, 0.717) is 26.1 Å². The average molecular weight is 703 g/mol. The van der Waals surface area contributed by atoms with E-state index in [2.05, 4.69) is 63.7 Å². The Morgan fingerprint density at radius 3 is 2.27 bits per heavy atom. The van der Waals surface area contributed by atoms with E-state index in [9.17, 15) is 14.7 Å². The molecule has 3 aliphatic heterocycles. The van der Waals surface area contributed by atoms with Crippen molar-refractivity contribution < 1.29 is 19.5 Å². The first-order valence-electron chi connectivity index (χ1n) is 16.2. The summed E-state index contributed by atoms with van der Waals surface area (Å²) in [6.45, 7) is 23.3. The molecule has 3 aliphatic rings. The van der Waals surface area contributed by atoms with Gasteiger partial charge in [-0.3, -0.25) is 14.4 Å². The highest BCUT2D eigenvalue weighted by Crippen LogP contribution is 2.68. The van der Waals surface area contributed by atoms with Gasteiger partial charge in [0, 0.05) is 35.3 Å². The molecule has 4 rings (SSSR count). The molecule has 3 amide bonds. The number of carbonyl (C=O) groups excluding carboxylic acids is 3. The number of carbonyl (C=O) groups is 3. The highest BCUT2D eigenvalue weighted by molar-refractivity contribution is 9.09. The van der Waals surface area contributed by atoms with Gasteiger partial charge in [0.25, 0.3) is 0 Å². The predicted octanol–water partition coefficient (Wildman–Crippen LogP) is 5.91. The monoisotopic (exact) mass is 701 g/mol. The van der Waals surface area contributed by atoms with Crippen molar-refractivity contribution in [2.75, 3.05) is 19.7 Å². The molecule has 0 aliphatic carbocycles. The second-order valence-corrected chi connectivity index (χ2v) is 17.9. The molecule has 1 aromatic rings. The van der Waals surface area contributed by atoms with E-state index >= 15 is 4.79 Å². The van der Waals surface area contributed by atoms with Gasteiger partial charge >= 0.3 is 0 Å². The average Bonchev–Trinajstić information content (AvgIpc) is 3.54. The normalized spacial score (nSPS) is 28.3. The van der Waals surface area contributed by atoms with Gasteiger partial charge in [-0.15, -0.1) is 24.9 Å². The molecule has 248 valence electrons. The van der Waals surface area contributed by atoms with Crippen LogP contribution in [0.3, 0.4) is 0 Å². The van der Waals surface area contributed by atoms with Crippen LogP contribution in [0.1, 0.15) is 66.9 Å². The van der Waals surface area contributed by atoms with Gasteiger partial charge in [0.05, 0.1) is 29.2 Å². The van der Waals surface area contributed by atoms with Crippen LogP contribution >= 0.6 is 27.7 Å². The van der Waals surface area contributed by atoms with Crippen molar-refractivity contribution in [2.45, 2.75) is 100 Å². The number of likely N-dealkylation sites (tertiary alicyclic amines) is 1. The topological polar surface area (TPSA) is 81.2 Å². The quantitative estimate of drug-likeness (QED) is 0.204. The number of thioether (sulfide) groups is 1. The summed E-state index contributed by atoms with van der Waals surface area (Å²) in [5.41, 5.74) is 0.426. The summed E-state index contributed by atoms with van der Waals surface area (Å²) in [7, 11) is 0. The van der Waals surface area contributed by atoms with E-state index in [1.807, 2.05) is 49.1 Å². The maximum atomic E-state index is 15.1. The molecule has 0 radical (unpaired) electrons. The van der Waals surface area contributed by atoms with E-state index < -0.39 is 34.2 Å². The zero-order valence-electron chi connectivity index (χ0n) is 28.0. The Hall–Kier alpha value is -2.10. The van der Waals surface area contributed by atoms with E-state index in [1.165, 1.54) is 0 Å². The maximum Gasteiger partial charge on any atom is 0.247 e. The van der Waals surface area contributed by atoms with Crippen LogP contribution in [0.25, 0.3) is 0 Å². The van der Waals surface area contributed by atoms with Gasteiger partial charge in [0.15, 0.2) is 0 Å². The molecule has 2 bridgehead atoms. The van der Waals surface area contributed by atoms with Crippen LogP contribution in [0.5, 0.6) is 0 Å². The third kappa shape index (κ3) is 6.68. The molecule has 3 unspecified atom stereocenters. The van der Waals surface area contributed by atoms with Crippen molar-refractivity contribution in [2.24, 2.45) is 23.2 Å². The Labute approximate surface area is 283 Å². The molecule has 45 heavy (non-hydrogen) atoms. The lowest BCUT2D eigenvalue weighted by Gasteiger charge is -2.47. The number of aliphatic hydroxyl groups is 1. The Morgan fingerprint density at radius 1 is 1.11 bits per heavy atom. The van der Waals surface area contributed by atoms with Crippen LogP contribution in [-0.4, -0.2) is 89.7 Å². The minimum Gasteiger partial charge on any atom is -0.394 e. The van der Waals surface area contributed by atoms with Crippen molar-refractivity contribution in [1.29, 1.82) is 0 Å². The number of amides is 3. The van der Waals surface area contributed by atoms with Gasteiger partial charge in [-0.2, -0.15) is 0 Å². The Kier molecular flexibility index (Phi) is 10.8. The maximum absolute atomic E-state index is 15.1. The zero-order valence-corrected chi connectivity index (χ0v) is 30.4. The van der Waals surface area contributed by atoms with Gasteiger partial charge in [-0.25, -0.2) is 0 Å². The summed E-state index contributed by atoms with van der Waals surface area (Å²) in [4.78, 5) is 49.8. The van der Waals surface area contributed by atoms with Crippen molar-refractivity contribution in [1.82, 2.24) is 14.7 Å². The van der Waals surface area contributed by atoms with Crippen molar-refractivity contribution in [3.63, 3.8) is 0 Å². The number of rotatable bonds is 13. The molecule has 0 saturated carbocycles. The van der Waals surface area contributed by atoms with Crippen LogP contribution in [-0.2, 0) is 20.9 Å². The van der Waals surface area contributed by atoms with Gasteiger partial charge in [0.1, 0.15) is 6.04 Å². The standard InChI is InChI=1S/C36H52BrN3O4S/c1-10-17-38(20-24-15-13-12-14-16-24)31(42)27-28-32(43)40(26(21-41)23(3)4)30(36(28)19-25(37)29(27)45-36)33(44)39(18-11-2)35(8,9)22-34(5,6)7/h10-16,23,25-30,41H,1-2,17-22H2,3-9H3/t25?,26-,27-,28-,29-,30?,36?/m0/s1. The number of benzene rings is 1. The Bertz CT molecular complexity index is 1280. The smallest absolute Gasteiger partial charge is 0.247 e. The van der Waals surface area contributed by atoms with Gasteiger partial charge < -0.3 is 19.8 Å². The molecule has 0 aromatic heterocycles. The fourth-order valence-corrected chi connectivity index (χ4v) is 11.9. The summed E-state index contributed by atoms with van der Waals surface area (Å²) >= 11 is 5.55. The summed E-state index contributed by atoms with van der Waals surface area (Å²) < 4.78 is -0.806. The number of aliphatic hydroxyl groups excluding tert-OH is 1. The number of halogens is 1. The highest BCUT2D eigenvalue weighted by Gasteiger charge is 2.77. The number of hydrogen-bond donors (Lipinski definition) is 1. The van der Waals surface area contributed by atoms with Crippen molar-refractivity contribution in [3.8, 4) is 0 Å². The number of alkyl halides is 1. The summed E-state index contributed by atoms with van der Waals surface area (Å²) in [5.74, 6) is -1.78. The number of fused-ring (bicyclic) bond motifs is 1. The van der Waals surface area contributed by atoms with Gasteiger partial charge in [-0.1, -0.05) is 93.0 Å². The van der Waals surface area contributed by atoms with E-state index in [4.69, 9.17) is 0 Å². The Morgan fingerprint density at radius 2 is 1.73 bits per heavy atom. The minimum absolute atomic E-state index is 0.0416. The van der Waals surface area contributed by atoms with Crippen molar-refractivity contribution >= 4 is 45.4 Å². The van der Waals surface area contributed by atoms with E-state index in [1.54, 1.807) is 33.7 Å². The molecule has 7 nitrogen and oxygen atoms in total. The Balaban J connectivity index is 1.83. The molecular formula is C36H52BrN3O4S. The van der Waals surface area contributed by atoms with Crippen LogP contribution < -0.4 is 0 Å². The first-order chi connectivity index (χ1) is 21.0. The molecule has 7 atom stereocenters. The third-order valence-corrected chi connectivity index (χ3v) is 12.9. The first-order valence-corrected chi connectivity index (χ1v) is 17.9. The SMILES string of the molecule is C=CCN(Cc1ccccc1)C(=O)[C@H]1[C@H]2C(=O)N([C@@H](CO)C(C)C)C(C(=O)N(CC=C)C(C)(C)CC(C)(C)C)C23CC(Br)[C@@H]1S3. The lowest BCUT2D eigenvalue weighted by atomic mass is 9.70. The predicted molar refractivity (Wildman–Crippen MR) is 187 cm³/mol. The molecule has 1 N–H and O–H groups in total. The number of nitrogens with zero attached hydrogens (tertiary/aromatic N) is 3. The van der Waals surface area contributed by atoms with E-state index in [-0.39, 0.29) is 45.7 Å². The molecule has 1 aromatic carbocycles. The molecule has 3 heterocycles. The largest absolute Gasteiger partial charge is 0.394 e. The molecule has 3 fully saturated rings. The van der Waals surface area contributed by atoms with Crippen LogP contribution in [0.4, 0.5) is 0 Å². The number of hydrogen-bond acceptors (Lipinski definition) is 5. The van der Waals surface area contributed by atoms with Crippen LogP contribution in [0.15, 0.2) is 55.6 Å². The highest BCUT2D eigenvalue weighted by atomic mass is 79.9. The second-order valence-electron chi connectivity index (χ2n) is 15.2. The first kappa shape index (κ1) is 35.7. The lowest BCUT2D eigenvalue weighted by Crippen LogP contribution is -2.62. The third-order valence-electron chi connectivity index (χ3n) is 9.71. The molecular weight excluding hydrogens is 650 g/mol. The van der Waals surface area contributed by atoms with Gasteiger partial charge in [0.2, 0.25) is 17.7 Å². The van der Waals surface area contributed by atoms with Crippen molar-refractivity contribution in [3.05, 3.63) is 61.2 Å². The van der Waals surface area contributed by atoms with Gasteiger partial charge in [-0.05, 0) is 43.6 Å². The summed E-state index contributed by atoms with van der Waals surface area (Å²) in [5, 5.41) is 10.5. The summed E-state index contributed by atoms with van der Waals surface area (Å²) in [6, 6.07) is 8.47. The van der Waals surface area contributed by atoms with E-state index in [0.717, 1.165) is 12.0 Å². The van der Waals surface area contributed by atoms with Crippen LogP contribution in [0.2, 0.25) is 0 Å². The molecule has 1 spiro atoms. The minimum atomic E-state index is -0.816. The fraction of sp³-hybridized carbons (Fsp3) is 0.639. The zero-order chi connectivity index (χ0) is 33.5. The lowest BCUT2D eigenvalue weighted by molar-refractivity contribution is -0.150. The molecule has 3 saturated heterocycles. The molecule has 9 heteroatoms.